The summed E-state index contributed by atoms with van der Waals surface area (Å²) in [6, 6.07) is 11.9. The molecule has 3 aromatic rings. The van der Waals surface area contributed by atoms with E-state index in [1.54, 1.807) is 22.7 Å². The Hall–Kier alpha value is -2.25. The average molecular weight is 371 g/mol. The van der Waals surface area contributed by atoms with Crippen molar-refractivity contribution in [3.05, 3.63) is 52.9 Å². The first kappa shape index (κ1) is 16.2. The van der Waals surface area contributed by atoms with E-state index in [9.17, 15) is 4.79 Å². The average Bonchev–Trinajstić information content (AvgIpc) is 3.33. The van der Waals surface area contributed by atoms with Crippen LogP contribution in [0.1, 0.15) is 15.9 Å². The van der Waals surface area contributed by atoms with Gasteiger partial charge in [0.2, 0.25) is 5.13 Å². The van der Waals surface area contributed by atoms with Gasteiger partial charge in [-0.2, -0.15) is 0 Å². The molecule has 1 aliphatic rings. The van der Waals surface area contributed by atoms with Crippen LogP contribution >= 0.6 is 22.7 Å². The highest BCUT2D eigenvalue weighted by atomic mass is 32.1. The number of amides is 1. The second-order valence-corrected chi connectivity index (χ2v) is 7.86. The third kappa shape index (κ3) is 3.29. The Morgan fingerprint density at radius 2 is 1.84 bits per heavy atom. The van der Waals surface area contributed by atoms with Gasteiger partial charge in [-0.1, -0.05) is 35.6 Å². The number of anilines is 1. The van der Waals surface area contributed by atoms with Crippen molar-refractivity contribution >= 4 is 33.7 Å². The molecule has 0 bridgehead atoms. The van der Waals surface area contributed by atoms with Gasteiger partial charge in [-0.3, -0.25) is 4.79 Å². The van der Waals surface area contributed by atoms with Gasteiger partial charge in [0.25, 0.3) is 5.91 Å². The predicted molar refractivity (Wildman–Crippen MR) is 103 cm³/mol. The zero-order valence-electron chi connectivity index (χ0n) is 13.9. The van der Waals surface area contributed by atoms with E-state index in [4.69, 9.17) is 0 Å². The number of rotatable bonds is 3. The van der Waals surface area contributed by atoms with Crippen molar-refractivity contribution in [3.8, 4) is 9.88 Å². The molecule has 1 fully saturated rings. The fourth-order valence-corrected chi connectivity index (χ4v) is 4.62. The van der Waals surface area contributed by atoms with Gasteiger partial charge >= 0.3 is 0 Å². The van der Waals surface area contributed by atoms with Gasteiger partial charge in [-0.15, -0.1) is 21.5 Å². The van der Waals surface area contributed by atoms with Gasteiger partial charge in [0.15, 0.2) is 5.01 Å². The first-order valence-electron chi connectivity index (χ1n) is 8.19. The van der Waals surface area contributed by atoms with E-state index in [0.717, 1.165) is 39.2 Å². The van der Waals surface area contributed by atoms with Gasteiger partial charge in [0.05, 0.1) is 4.88 Å². The third-order valence-corrected chi connectivity index (χ3v) is 6.38. The summed E-state index contributed by atoms with van der Waals surface area (Å²) in [5, 5.41) is 12.6. The summed E-state index contributed by atoms with van der Waals surface area (Å²) in [5.41, 5.74) is 1.83. The van der Waals surface area contributed by atoms with Crippen molar-refractivity contribution in [1.29, 1.82) is 0 Å². The Balaban J connectivity index is 1.42. The minimum absolute atomic E-state index is 0.120. The maximum atomic E-state index is 12.7. The normalized spacial score (nSPS) is 14.8. The fourth-order valence-electron chi connectivity index (χ4n) is 2.93. The quantitative estimate of drug-likeness (QED) is 0.708. The number of carbonyl (C=O) groups excluding carboxylic acids is 1. The van der Waals surface area contributed by atoms with Crippen molar-refractivity contribution in [2.24, 2.45) is 0 Å². The molecule has 0 N–H and O–H groups in total. The second-order valence-electron chi connectivity index (χ2n) is 5.96. The van der Waals surface area contributed by atoms with E-state index in [0.29, 0.717) is 13.1 Å². The number of carbonyl (C=O) groups is 1. The van der Waals surface area contributed by atoms with Crippen molar-refractivity contribution in [1.82, 2.24) is 15.1 Å². The maximum absolute atomic E-state index is 12.7. The Morgan fingerprint density at radius 3 is 2.56 bits per heavy atom. The van der Waals surface area contributed by atoms with Crippen molar-refractivity contribution in [3.63, 3.8) is 0 Å². The molecule has 5 nitrogen and oxygen atoms in total. The molecule has 1 amide bonds. The molecule has 1 aliphatic heterocycles. The number of piperazine rings is 1. The van der Waals surface area contributed by atoms with Crippen LogP contribution in [0.5, 0.6) is 0 Å². The van der Waals surface area contributed by atoms with Gasteiger partial charge in [0.1, 0.15) is 0 Å². The molecule has 0 unspecified atom stereocenters. The largest absolute Gasteiger partial charge is 0.343 e. The second kappa shape index (κ2) is 6.93. The van der Waals surface area contributed by atoms with E-state index >= 15 is 0 Å². The first-order chi connectivity index (χ1) is 12.2. The van der Waals surface area contributed by atoms with Crippen molar-refractivity contribution < 1.29 is 4.79 Å². The van der Waals surface area contributed by atoms with Crippen molar-refractivity contribution in [2.75, 3.05) is 31.1 Å². The summed E-state index contributed by atoms with van der Waals surface area (Å²) in [7, 11) is 0. The molecule has 0 radical (unpaired) electrons. The minimum Gasteiger partial charge on any atom is -0.343 e. The molecule has 25 heavy (non-hydrogen) atoms. The third-order valence-electron chi connectivity index (χ3n) is 4.36. The summed E-state index contributed by atoms with van der Waals surface area (Å²) in [4.78, 5) is 18.0. The smallest absolute Gasteiger partial charge is 0.254 e. The highest BCUT2D eigenvalue weighted by Crippen LogP contribution is 2.31. The molecule has 0 spiro atoms. The molecule has 128 valence electrons. The molecular formula is C18H18N4OS2. The summed E-state index contributed by atoms with van der Waals surface area (Å²) in [6.45, 7) is 4.98. The zero-order chi connectivity index (χ0) is 17.2. The van der Waals surface area contributed by atoms with Crippen LogP contribution in [0.2, 0.25) is 0 Å². The number of nitrogens with zero attached hydrogens (tertiary/aromatic N) is 4. The van der Waals surface area contributed by atoms with E-state index in [-0.39, 0.29) is 5.91 Å². The minimum atomic E-state index is 0.120. The Morgan fingerprint density at radius 1 is 1.04 bits per heavy atom. The van der Waals surface area contributed by atoms with Gasteiger partial charge in [-0.25, -0.2) is 0 Å². The Kier molecular flexibility index (Phi) is 4.50. The summed E-state index contributed by atoms with van der Waals surface area (Å²) in [5.74, 6) is 0.120. The highest BCUT2D eigenvalue weighted by Gasteiger charge is 2.25. The number of hydrogen-bond donors (Lipinski definition) is 0. The maximum Gasteiger partial charge on any atom is 0.254 e. The molecular weight excluding hydrogens is 352 g/mol. The molecule has 0 aliphatic carbocycles. The van der Waals surface area contributed by atoms with Gasteiger partial charge < -0.3 is 9.80 Å². The Labute approximate surface area is 154 Å². The van der Waals surface area contributed by atoms with E-state index < -0.39 is 0 Å². The molecule has 0 saturated carbocycles. The van der Waals surface area contributed by atoms with Crippen LogP contribution in [-0.4, -0.2) is 47.2 Å². The SMILES string of the molecule is Cc1ccccc1C(=O)N1CCN(c2nnc(-c3cccs3)s2)CC1. The van der Waals surface area contributed by atoms with Gasteiger partial charge in [-0.05, 0) is 30.0 Å². The van der Waals surface area contributed by atoms with Crippen LogP contribution < -0.4 is 4.90 Å². The van der Waals surface area contributed by atoms with Crippen LogP contribution in [0.4, 0.5) is 5.13 Å². The van der Waals surface area contributed by atoms with Crippen molar-refractivity contribution in [2.45, 2.75) is 6.92 Å². The molecule has 3 heterocycles. The zero-order valence-corrected chi connectivity index (χ0v) is 15.5. The number of aromatic nitrogens is 2. The summed E-state index contributed by atoms with van der Waals surface area (Å²) >= 11 is 3.29. The van der Waals surface area contributed by atoms with Crippen LogP contribution in [0, 0.1) is 6.92 Å². The van der Waals surface area contributed by atoms with E-state index in [1.165, 1.54) is 0 Å². The van der Waals surface area contributed by atoms with Gasteiger partial charge in [0, 0.05) is 31.7 Å². The van der Waals surface area contributed by atoms with E-state index in [2.05, 4.69) is 21.2 Å². The lowest BCUT2D eigenvalue weighted by Crippen LogP contribution is -2.48. The summed E-state index contributed by atoms with van der Waals surface area (Å²) in [6.07, 6.45) is 0. The number of benzene rings is 1. The van der Waals surface area contributed by atoms with Crippen LogP contribution in [0.15, 0.2) is 41.8 Å². The molecule has 2 aromatic heterocycles. The highest BCUT2D eigenvalue weighted by molar-refractivity contribution is 7.22. The molecule has 1 aromatic carbocycles. The number of hydrogen-bond acceptors (Lipinski definition) is 6. The number of thiophene rings is 1. The fraction of sp³-hybridized carbons (Fsp3) is 0.278. The van der Waals surface area contributed by atoms with E-state index in [1.807, 2.05) is 47.5 Å². The van der Waals surface area contributed by atoms with Crippen LogP contribution in [0.3, 0.4) is 0 Å². The standard InChI is InChI=1S/C18H18N4OS2/c1-13-5-2-3-6-14(13)17(23)21-8-10-22(11-9-21)18-20-19-16(25-18)15-7-4-12-24-15/h2-7,12H,8-11H2,1H3. The predicted octanol–water partition coefficient (Wildman–Crippen LogP) is 3.54. The first-order valence-corrected chi connectivity index (χ1v) is 9.89. The summed E-state index contributed by atoms with van der Waals surface area (Å²) < 4.78 is 0. The molecule has 0 atom stereocenters. The number of aryl methyl sites for hydroxylation is 1. The molecule has 7 heteroatoms. The van der Waals surface area contributed by atoms with Crippen LogP contribution in [0.25, 0.3) is 9.88 Å². The molecule has 4 rings (SSSR count). The lowest BCUT2D eigenvalue weighted by molar-refractivity contribution is 0.0746. The lowest BCUT2D eigenvalue weighted by Gasteiger charge is -2.34. The molecule has 1 saturated heterocycles. The topological polar surface area (TPSA) is 49.3 Å². The lowest BCUT2D eigenvalue weighted by atomic mass is 10.1. The monoisotopic (exact) mass is 370 g/mol. The Bertz CT molecular complexity index is 867. The van der Waals surface area contributed by atoms with Crippen LogP contribution in [-0.2, 0) is 0 Å².